The van der Waals surface area contributed by atoms with Gasteiger partial charge in [0.05, 0.1) is 13.2 Å². The first-order valence-electron chi connectivity index (χ1n) is 3.81. The fourth-order valence-electron chi connectivity index (χ4n) is 1.62. The van der Waals surface area contributed by atoms with Crippen LogP contribution in [0.1, 0.15) is 12.8 Å². The average Bonchev–Trinajstić information content (AvgIpc) is 2.62. The molecule has 0 aromatic rings. The van der Waals surface area contributed by atoms with E-state index in [1.807, 2.05) is 6.08 Å². The number of carbonyl (C=O) groups is 1. The predicted octanol–water partition coefficient (Wildman–Crippen LogP) is 0.649. The van der Waals surface area contributed by atoms with E-state index >= 15 is 0 Å². The third-order valence-electron chi connectivity index (χ3n) is 2.16. The molecule has 0 N–H and O–H groups in total. The highest BCUT2D eigenvalue weighted by Gasteiger charge is 2.42. The predicted molar refractivity (Wildman–Crippen MR) is 38.0 cm³/mol. The van der Waals surface area contributed by atoms with Gasteiger partial charge < -0.3 is 9.47 Å². The van der Waals surface area contributed by atoms with Gasteiger partial charge in [-0.3, -0.25) is 4.79 Å². The Hall–Kier alpha value is -0.670. The van der Waals surface area contributed by atoms with Crippen molar-refractivity contribution in [3.05, 3.63) is 11.6 Å². The Bertz CT molecular complexity index is 201. The molecule has 1 heterocycles. The number of carbonyl (C=O) groups excluding carboxylic acids is 1. The number of rotatable bonds is 1. The molecule has 0 aromatic heterocycles. The number of ether oxygens (including phenoxy) is 2. The minimum atomic E-state index is -0.651. The number of hydrogen-bond donors (Lipinski definition) is 0. The van der Waals surface area contributed by atoms with E-state index in [4.69, 9.17) is 9.47 Å². The van der Waals surface area contributed by atoms with Gasteiger partial charge in [0.2, 0.25) is 0 Å². The van der Waals surface area contributed by atoms with Crippen molar-refractivity contribution in [3.8, 4) is 0 Å². The Labute approximate surface area is 65.0 Å². The molecule has 2 aliphatic rings. The summed E-state index contributed by atoms with van der Waals surface area (Å²) in [6.45, 7) is 1.20. The maximum atomic E-state index is 10.5. The van der Waals surface area contributed by atoms with Crippen LogP contribution in [0, 0.1) is 0 Å². The van der Waals surface area contributed by atoms with Crippen LogP contribution in [0.2, 0.25) is 0 Å². The van der Waals surface area contributed by atoms with E-state index in [2.05, 4.69) is 0 Å². The van der Waals surface area contributed by atoms with Crippen molar-refractivity contribution in [1.82, 2.24) is 0 Å². The molecule has 0 aromatic carbocycles. The summed E-state index contributed by atoms with van der Waals surface area (Å²) in [5.41, 5.74) is 0.662. The smallest absolute Gasteiger partial charge is 0.198 e. The second-order valence-electron chi connectivity index (χ2n) is 2.77. The van der Waals surface area contributed by atoms with Crippen LogP contribution in [0.25, 0.3) is 0 Å². The molecule has 0 saturated carbocycles. The molecule has 1 aliphatic carbocycles. The molecular weight excluding hydrogens is 144 g/mol. The second kappa shape index (κ2) is 2.43. The van der Waals surface area contributed by atoms with E-state index in [9.17, 15) is 4.79 Å². The molecule has 0 bridgehead atoms. The van der Waals surface area contributed by atoms with Crippen LogP contribution in [0.5, 0.6) is 0 Å². The molecule has 1 aliphatic heterocycles. The summed E-state index contributed by atoms with van der Waals surface area (Å²) in [5, 5.41) is 0. The van der Waals surface area contributed by atoms with Crippen molar-refractivity contribution in [2.75, 3.05) is 13.2 Å². The zero-order valence-corrected chi connectivity index (χ0v) is 6.21. The maximum absolute atomic E-state index is 10.5. The third kappa shape index (κ3) is 0.921. The Morgan fingerprint density at radius 1 is 1.45 bits per heavy atom. The molecular formula is C8H10O3. The summed E-state index contributed by atoms with van der Waals surface area (Å²) in [6.07, 6.45) is 4.39. The number of allylic oxidation sites excluding steroid dienone is 1. The summed E-state index contributed by atoms with van der Waals surface area (Å²) in [7, 11) is 0. The summed E-state index contributed by atoms with van der Waals surface area (Å²) in [5.74, 6) is -0.651. The van der Waals surface area contributed by atoms with E-state index < -0.39 is 5.79 Å². The Morgan fingerprint density at radius 3 is 2.82 bits per heavy atom. The van der Waals surface area contributed by atoms with Gasteiger partial charge in [-0.1, -0.05) is 6.08 Å². The molecule has 1 spiro atoms. The van der Waals surface area contributed by atoms with Crippen LogP contribution in [-0.2, 0) is 14.3 Å². The summed E-state index contributed by atoms with van der Waals surface area (Å²) < 4.78 is 10.8. The molecule has 3 heteroatoms. The Kier molecular flexibility index (Phi) is 1.55. The standard InChI is InChI=1S/C8H10O3/c9-6-7-2-1-3-8(7)10-4-5-11-8/h2,6H,1,3-5H2. The van der Waals surface area contributed by atoms with Crippen molar-refractivity contribution in [1.29, 1.82) is 0 Å². The minimum Gasteiger partial charge on any atom is -0.343 e. The van der Waals surface area contributed by atoms with Gasteiger partial charge in [-0.05, 0) is 6.42 Å². The van der Waals surface area contributed by atoms with E-state index in [1.54, 1.807) is 0 Å². The quantitative estimate of drug-likeness (QED) is 0.520. The molecule has 0 unspecified atom stereocenters. The van der Waals surface area contributed by atoms with E-state index in [0.717, 1.165) is 19.1 Å². The molecule has 0 atom stereocenters. The normalized spacial score (nSPS) is 27.5. The lowest BCUT2D eigenvalue weighted by atomic mass is 10.1. The minimum absolute atomic E-state index is 0.602. The fourth-order valence-corrected chi connectivity index (χ4v) is 1.62. The lowest BCUT2D eigenvalue weighted by Crippen LogP contribution is -2.29. The largest absolute Gasteiger partial charge is 0.343 e. The highest BCUT2D eigenvalue weighted by molar-refractivity contribution is 5.76. The zero-order valence-electron chi connectivity index (χ0n) is 6.21. The van der Waals surface area contributed by atoms with Gasteiger partial charge in [-0.2, -0.15) is 0 Å². The molecule has 0 amide bonds. The van der Waals surface area contributed by atoms with Gasteiger partial charge in [-0.25, -0.2) is 0 Å². The van der Waals surface area contributed by atoms with E-state index in [-0.39, 0.29) is 0 Å². The van der Waals surface area contributed by atoms with Crippen LogP contribution >= 0.6 is 0 Å². The van der Waals surface area contributed by atoms with E-state index in [1.165, 1.54) is 0 Å². The summed E-state index contributed by atoms with van der Waals surface area (Å²) >= 11 is 0. The van der Waals surface area contributed by atoms with E-state index in [0.29, 0.717) is 18.8 Å². The van der Waals surface area contributed by atoms with Crippen molar-refractivity contribution >= 4 is 6.29 Å². The molecule has 0 radical (unpaired) electrons. The lowest BCUT2D eigenvalue weighted by Gasteiger charge is -2.21. The number of aldehydes is 1. The van der Waals surface area contributed by atoms with Crippen molar-refractivity contribution < 1.29 is 14.3 Å². The summed E-state index contributed by atoms with van der Waals surface area (Å²) in [6, 6.07) is 0. The first-order chi connectivity index (χ1) is 5.37. The van der Waals surface area contributed by atoms with Crippen LogP contribution < -0.4 is 0 Å². The summed E-state index contributed by atoms with van der Waals surface area (Å²) in [4.78, 5) is 10.5. The molecule has 1 saturated heterocycles. The molecule has 1 fully saturated rings. The lowest BCUT2D eigenvalue weighted by molar-refractivity contribution is -0.133. The molecule has 2 rings (SSSR count). The van der Waals surface area contributed by atoms with Gasteiger partial charge in [0.25, 0.3) is 0 Å². The molecule has 60 valence electrons. The van der Waals surface area contributed by atoms with Crippen molar-refractivity contribution in [2.45, 2.75) is 18.6 Å². The van der Waals surface area contributed by atoms with Crippen LogP contribution in [0.15, 0.2) is 11.6 Å². The number of hydrogen-bond acceptors (Lipinski definition) is 3. The first kappa shape index (κ1) is 7.00. The Balaban J connectivity index is 2.24. The zero-order chi connectivity index (χ0) is 7.73. The van der Waals surface area contributed by atoms with Crippen LogP contribution in [0.3, 0.4) is 0 Å². The average molecular weight is 154 g/mol. The first-order valence-corrected chi connectivity index (χ1v) is 3.81. The van der Waals surface area contributed by atoms with Crippen molar-refractivity contribution in [2.24, 2.45) is 0 Å². The fraction of sp³-hybridized carbons (Fsp3) is 0.625. The highest BCUT2D eigenvalue weighted by atomic mass is 16.7. The van der Waals surface area contributed by atoms with Gasteiger partial charge in [0, 0.05) is 12.0 Å². The van der Waals surface area contributed by atoms with Gasteiger partial charge >= 0.3 is 0 Å². The monoisotopic (exact) mass is 154 g/mol. The molecule has 3 nitrogen and oxygen atoms in total. The van der Waals surface area contributed by atoms with Crippen LogP contribution in [-0.4, -0.2) is 25.3 Å². The highest BCUT2D eigenvalue weighted by Crippen LogP contribution is 2.36. The van der Waals surface area contributed by atoms with Crippen molar-refractivity contribution in [3.63, 3.8) is 0 Å². The topological polar surface area (TPSA) is 35.5 Å². The van der Waals surface area contributed by atoms with Gasteiger partial charge in [0.15, 0.2) is 12.1 Å². The third-order valence-corrected chi connectivity index (χ3v) is 2.16. The molecule has 11 heavy (non-hydrogen) atoms. The second-order valence-corrected chi connectivity index (χ2v) is 2.77. The van der Waals surface area contributed by atoms with Gasteiger partial charge in [0.1, 0.15) is 0 Å². The SMILES string of the molecule is O=CC1=CCCC12OCCO2. The van der Waals surface area contributed by atoms with Gasteiger partial charge in [-0.15, -0.1) is 0 Å². The maximum Gasteiger partial charge on any atom is 0.198 e. The van der Waals surface area contributed by atoms with Crippen LogP contribution in [0.4, 0.5) is 0 Å². The Morgan fingerprint density at radius 2 is 2.18 bits per heavy atom.